The number of hydrogen-bond donors (Lipinski definition) is 2. The van der Waals surface area contributed by atoms with Gasteiger partial charge in [0.2, 0.25) is 0 Å². The van der Waals surface area contributed by atoms with Crippen molar-refractivity contribution in [1.29, 1.82) is 0 Å². The monoisotopic (exact) mass is 568 g/mol. The molecule has 10 nitrogen and oxygen atoms in total. The Bertz CT molecular complexity index is 1260. The molecule has 37 heavy (non-hydrogen) atoms. The van der Waals surface area contributed by atoms with E-state index >= 15 is 0 Å². The third-order valence-electron chi connectivity index (χ3n) is 7.82. The average Bonchev–Trinajstić information content (AvgIpc) is 3.13. The number of pyridine rings is 1. The molecule has 3 aliphatic heterocycles. The number of aliphatic hydroxyl groups is 1. The molecule has 0 saturated carbocycles. The fourth-order valence-electron chi connectivity index (χ4n) is 5.51. The molecule has 0 bridgehead atoms. The topological polar surface area (TPSA) is 135 Å². The van der Waals surface area contributed by atoms with Crippen LogP contribution in [0.2, 0.25) is 5.02 Å². The van der Waals surface area contributed by atoms with Gasteiger partial charge < -0.3 is 25.4 Å². The summed E-state index contributed by atoms with van der Waals surface area (Å²) in [7, 11) is -3.11. The van der Waals surface area contributed by atoms with Gasteiger partial charge in [0.25, 0.3) is 0 Å². The maximum atomic E-state index is 11.8. The Balaban J connectivity index is 1.30. The van der Waals surface area contributed by atoms with Crippen LogP contribution in [0.25, 0.3) is 0 Å². The summed E-state index contributed by atoms with van der Waals surface area (Å²) >= 11 is 8.05. The second kappa shape index (κ2) is 10.5. The highest BCUT2D eigenvalue weighted by atomic mass is 35.5. The van der Waals surface area contributed by atoms with Gasteiger partial charge in [0.05, 0.1) is 36.3 Å². The van der Waals surface area contributed by atoms with E-state index in [4.69, 9.17) is 22.1 Å². The molecule has 3 atom stereocenters. The first-order valence-electron chi connectivity index (χ1n) is 12.5. The van der Waals surface area contributed by atoms with Crippen LogP contribution < -0.4 is 15.5 Å². The fourth-order valence-corrected chi connectivity index (χ4v) is 7.69. The molecule has 0 aromatic carbocycles. The highest BCUT2D eigenvalue weighted by Crippen LogP contribution is 2.43. The first kappa shape index (κ1) is 26.9. The first-order chi connectivity index (χ1) is 17.6. The number of nitrogens with zero attached hydrogens (tertiary/aromatic N) is 5. The minimum atomic E-state index is -3.11. The smallest absolute Gasteiger partial charge is 0.152 e. The number of piperidine rings is 1. The van der Waals surface area contributed by atoms with Gasteiger partial charge >= 0.3 is 0 Å². The number of hydrogen-bond acceptors (Lipinski definition) is 11. The van der Waals surface area contributed by atoms with Crippen LogP contribution in [-0.2, 0) is 21.2 Å². The summed E-state index contributed by atoms with van der Waals surface area (Å²) in [4.78, 5) is 18.6. The average molecular weight is 569 g/mol. The van der Waals surface area contributed by atoms with Crippen LogP contribution in [0, 0.1) is 5.41 Å². The normalized spacial score (nSPS) is 25.5. The maximum Gasteiger partial charge on any atom is 0.152 e. The molecule has 3 saturated heterocycles. The van der Waals surface area contributed by atoms with Crippen molar-refractivity contribution in [3.8, 4) is 0 Å². The number of halogens is 1. The molecule has 1 spiro atoms. The number of ether oxygens (including phenoxy) is 1. The van der Waals surface area contributed by atoms with Gasteiger partial charge in [0, 0.05) is 54.5 Å². The Morgan fingerprint density at radius 1 is 1.27 bits per heavy atom. The van der Waals surface area contributed by atoms with Crippen molar-refractivity contribution in [2.24, 2.45) is 11.1 Å². The number of anilines is 2. The number of sulfone groups is 1. The largest absolute Gasteiger partial charge is 0.390 e. The predicted octanol–water partition coefficient (Wildman–Crippen LogP) is 2.12. The molecule has 2 aromatic heterocycles. The number of aliphatic hydroxyl groups excluding tert-OH is 1. The number of nitrogens with two attached hydrogens (primary N) is 1. The van der Waals surface area contributed by atoms with E-state index in [9.17, 15) is 13.5 Å². The molecule has 2 aromatic rings. The van der Waals surface area contributed by atoms with E-state index in [1.807, 2.05) is 11.8 Å². The van der Waals surface area contributed by atoms with E-state index < -0.39 is 9.84 Å². The third-order valence-corrected chi connectivity index (χ3v) is 10.3. The van der Waals surface area contributed by atoms with Crippen LogP contribution in [0.5, 0.6) is 0 Å². The second-order valence-corrected chi connectivity index (χ2v) is 13.9. The van der Waals surface area contributed by atoms with Crippen LogP contribution in [0.1, 0.15) is 31.9 Å². The zero-order valence-corrected chi connectivity index (χ0v) is 23.4. The van der Waals surface area contributed by atoms with Gasteiger partial charge in [0.1, 0.15) is 26.4 Å². The van der Waals surface area contributed by atoms with Crippen molar-refractivity contribution in [1.82, 2.24) is 15.0 Å². The van der Waals surface area contributed by atoms with Crippen molar-refractivity contribution in [3.63, 3.8) is 0 Å². The summed E-state index contributed by atoms with van der Waals surface area (Å²) in [6.07, 6.45) is 7.28. The van der Waals surface area contributed by atoms with Crippen molar-refractivity contribution < 1.29 is 18.3 Å². The zero-order valence-electron chi connectivity index (χ0n) is 21.0. The lowest BCUT2D eigenvalue weighted by atomic mass is 9.73. The summed E-state index contributed by atoms with van der Waals surface area (Å²) in [6, 6.07) is 1.70. The molecule has 3 N–H and O–H groups in total. The van der Waals surface area contributed by atoms with Crippen molar-refractivity contribution in [3.05, 3.63) is 29.2 Å². The molecule has 0 radical (unpaired) electrons. The Morgan fingerprint density at radius 2 is 2.03 bits per heavy atom. The Hall–Kier alpha value is -1.70. The Kier molecular flexibility index (Phi) is 7.60. The van der Waals surface area contributed by atoms with E-state index in [-0.39, 0.29) is 36.0 Å². The molecule has 5 heterocycles. The minimum Gasteiger partial charge on any atom is -0.390 e. The third kappa shape index (κ3) is 5.41. The van der Waals surface area contributed by atoms with E-state index in [1.54, 1.807) is 18.5 Å². The summed E-state index contributed by atoms with van der Waals surface area (Å²) in [5.74, 6) is 1.34. The van der Waals surface area contributed by atoms with E-state index in [0.717, 1.165) is 37.2 Å². The molecular formula is C24H33ClN6O4S2. The van der Waals surface area contributed by atoms with Gasteiger partial charge in [-0.2, -0.15) is 0 Å². The molecular weight excluding hydrogens is 536 g/mol. The summed E-state index contributed by atoms with van der Waals surface area (Å²) in [6.45, 7) is 4.76. The first-order valence-corrected chi connectivity index (χ1v) is 15.7. The SMILES string of the molecule is C[C@@H]1OCC2(CCN(c3ncc(Sc4ccnc(N5CCC5CS(C)(=O)=O)c4Cl)nc3CO)CC2)[C@@H]1N. The standard InChI is InChI=1S/C24H33ClN6O4S2/c1-15-21(26)24(14-35-15)5-9-30(10-6-24)22-17(12-32)29-19(11-28-22)36-18-3-7-27-23(20(18)25)31-8-4-16(31)13-37(2,33)34/h3,7,11,15-16,21,32H,4-6,8-10,12-14,26H2,1-2H3/t15-,16?,21+/m0/s1. The highest BCUT2D eigenvalue weighted by Gasteiger charge is 2.47. The van der Waals surface area contributed by atoms with Gasteiger partial charge in [-0.3, -0.25) is 0 Å². The fraction of sp³-hybridized carbons (Fsp3) is 0.625. The van der Waals surface area contributed by atoms with Crippen LogP contribution in [0.4, 0.5) is 11.6 Å². The van der Waals surface area contributed by atoms with Crippen LogP contribution in [0.15, 0.2) is 28.4 Å². The maximum absolute atomic E-state index is 11.8. The van der Waals surface area contributed by atoms with Crippen LogP contribution >= 0.6 is 23.4 Å². The number of aromatic nitrogens is 3. The number of rotatable bonds is 7. The molecule has 1 unspecified atom stereocenters. The van der Waals surface area contributed by atoms with Gasteiger partial charge in [0.15, 0.2) is 5.82 Å². The van der Waals surface area contributed by atoms with Gasteiger partial charge in [-0.1, -0.05) is 23.4 Å². The molecule has 5 rings (SSSR count). The quantitative estimate of drug-likeness (QED) is 0.508. The van der Waals surface area contributed by atoms with Crippen molar-refractivity contribution in [2.45, 2.75) is 60.9 Å². The molecule has 202 valence electrons. The molecule has 0 aliphatic carbocycles. The van der Waals surface area contributed by atoms with Crippen LogP contribution in [-0.4, -0.2) is 84.9 Å². The van der Waals surface area contributed by atoms with Crippen molar-refractivity contribution >= 4 is 44.8 Å². The molecule has 3 aliphatic rings. The summed E-state index contributed by atoms with van der Waals surface area (Å²) in [5, 5.41) is 11.1. The Morgan fingerprint density at radius 3 is 2.62 bits per heavy atom. The Labute approximate surface area is 226 Å². The lowest BCUT2D eigenvalue weighted by Gasteiger charge is -2.42. The van der Waals surface area contributed by atoms with Gasteiger partial charge in [-0.15, -0.1) is 0 Å². The second-order valence-electron chi connectivity index (χ2n) is 10.3. The van der Waals surface area contributed by atoms with Gasteiger partial charge in [-0.25, -0.2) is 23.4 Å². The van der Waals surface area contributed by atoms with E-state index in [0.29, 0.717) is 40.5 Å². The molecule has 13 heteroatoms. The molecule has 3 fully saturated rings. The minimum absolute atomic E-state index is 0.00506. The lowest BCUT2D eigenvalue weighted by molar-refractivity contribution is 0.0973. The van der Waals surface area contributed by atoms with Crippen LogP contribution in [0.3, 0.4) is 0 Å². The summed E-state index contributed by atoms with van der Waals surface area (Å²) in [5.41, 5.74) is 6.97. The zero-order chi connectivity index (χ0) is 26.4. The predicted molar refractivity (Wildman–Crippen MR) is 144 cm³/mol. The van der Waals surface area contributed by atoms with Crippen molar-refractivity contribution in [2.75, 3.05) is 48.0 Å². The summed E-state index contributed by atoms with van der Waals surface area (Å²) < 4.78 is 29.4. The highest BCUT2D eigenvalue weighted by molar-refractivity contribution is 7.99. The lowest BCUT2D eigenvalue weighted by Crippen LogP contribution is -2.51. The van der Waals surface area contributed by atoms with E-state index in [1.165, 1.54) is 18.0 Å². The molecule has 0 amide bonds. The van der Waals surface area contributed by atoms with Gasteiger partial charge in [-0.05, 0) is 32.3 Å². The van der Waals surface area contributed by atoms with E-state index in [2.05, 4.69) is 19.9 Å².